The first-order chi connectivity index (χ1) is 11.7. The number of benzene rings is 1. The number of thioether (sulfide) groups is 1. The zero-order valence-electron chi connectivity index (χ0n) is 13.5. The first kappa shape index (κ1) is 17.0. The average molecular weight is 361 g/mol. The fraction of sp³-hybridized carbons (Fsp3) is 0.353. The van der Waals surface area contributed by atoms with Crippen LogP contribution in [-0.4, -0.2) is 43.8 Å². The molecule has 24 heavy (non-hydrogen) atoms. The summed E-state index contributed by atoms with van der Waals surface area (Å²) in [7, 11) is 0. The lowest BCUT2D eigenvalue weighted by Gasteiger charge is -2.15. The van der Waals surface area contributed by atoms with Crippen molar-refractivity contribution in [2.24, 2.45) is 0 Å². The summed E-state index contributed by atoms with van der Waals surface area (Å²) in [6.07, 6.45) is 6.55. The predicted molar refractivity (Wildman–Crippen MR) is 101 cm³/mol. The van der Waals surface area contributed by atoms with E-state index in [1.807, 2.05) is 35.3 Å². The highest BCUT2D eigenvalue weighted by Crippen LogP contribution is 2.16. The first-order valence-electron chi connectivity index (χ1n) is 7.83. The normalized spacial score (nSPS) is 17.4. The van der Waals surface area contributed by atoms with E-state index in [0.29, 0.717) is 18.2 Å². The van der Waals surface area contributed by atoms with Gasteiger partial charge in [0.2, 0.25) is 0 Å². The molecule has 1 N–H and O–H groups in total. The number of rotatable bonds is 7. The van der Waals surface area contributed by atoms with Crippen LogP contribution in [-0.2, 0) is 17.9 Å². The molecule has 1 aromatic carbocycles. The third kappa shape index (κ3) is 3.96. The zero-order chi connectivity index (χ0) is 16.9. The van der Waals surface area contributed by atoms with Gasteiger partial charge < -0.3 is 5.32 Å². The Morgan fingerprint density at radius 3 is 2.79 bits per heavy atom. The third-order valence-electron chi connectivity index (χ3n) is 3.95. The molecule has 1 aliphatic rings. The van der Waals surface area contributed by atoms with Crippen LogP contribution < -0.4 is 5.32 Å². The van der Waals surface area contributed by atoms with Gasteiger partial charge in [0.05, 0.1) is 13.1 Å². The molecule has 1 aromatic heterocycles. The summed E-state index contributed by atoms with van der Waals surface area (Å²) < 4.78 is 1.88. The largest absolute Gasteiger partial charge is 0.350 e. The average Bonchev–Trinajstić information content (AvgIpc) is 3.17. The lowest BCUT2D eigenvalue weighted by atomic mass is 10.1. The highest BCUT2D eigenvalue weighted by atomic mass is 32.2. The van der Waals surface area contributed by atoms with Crippen molar-refractivity contribution in [2.45, 2.75) is 25.6 Å². The Hall–Kier alpha value is -1.86. The Morgan fingerprint density at radius 1 is 1.29 bits per heavy atom. The van der Waals surface area contributed by atoms with Gasteiger partial charge in [-0.05, 0) is 47.8 Å². The number of amides is 1. The summed E-state index contributed by atoms with van der Waals surface area (Å²) in [6, 6.07) is 9.93. The molecule has 1 atom stereocenters. The quantitative estimate of drug-likeness (QED) is 0.768. The molecule has 1 amide bonds. The van der Waals surface area contributed by atoms with Gasteiger partial charge in [0.15, 0.2) is 5.11 Å². The number of hydrogen-bond acceptors (Lipinski definition) is 4. The highest BCUT2D eigenvalue weighted by molar-refractivity contribution is 7.98. The van der Waals surface area contributed by atoms with E-state index in [1.54, 1.807) is 22.9 Å². The maximum absolute atomic E-state index is 12.5. The number of thiocarbonyl (C=S) groups is 1. The van der Waals surface area contributed by atoms with Crippen LogP contribution in [0.1, 0.15) is 17.5 Å². The van der Waals surface area contributed by atoms with E-state index in [-0.39, 0.29) is 11.9 Å². The minimum atomic E-state index is -0.183. The Bertz CT molecular complexity index is 717. The molecule has 7 heteroatoms. The standard InChI is InChI=1S/C17H20N4OS2/c1-24-9-6-15-16(22)21(17(23)19-15)12-14-5-2-4-13(10-14)11-20-8-3-7-18-20/h2-5,7-8,10,15H,6,9,11-12H2,1H3,(H,19,23)/t15-/m1/s1. The molecule has 1 saturated heterocycles. The minimum absolute atomic E-state index is 0.0755. The van der Waals surface area contributed by atoms with E-state index in [2.05, 4.69) is 22.5 Å². The number of carbonyl (C=O) groups is 1. The SMILES string of the molecule is CSCC[C@H]1NC(=S)N(Cc2cccc(Cn3cccn3)c2)C1=O. The fourth-order valence-electron chi connectivity index (χ4n) is 2.75. The topological polar surface area (TPSA) is 50.2 Å². The van der Waals surface area contributed by atoms with Gasteiger partial charge in [-0.2, -0.15) is 16.9 Å². The van der Waals surface area contributed by atoms with Gasteiger partial charge >= 0.3 is 0 Å². The summed E-state index contributed by atoms with van der Waals surface area (Å²) in [4.78, 5) is 14.2. The maximum atomic E-state index is 12.5. The van der Waals surface area contributed by atoms with Crippen LogP contribution >= 0.6 is 24.0 Å². The Labute approximate surface area is 151 Å². The second-order valence-corrected chi connectivity index (χ2v) is 7.10. The fourth-order valence-corrected chi connectivity index (χ4v) is 3.52. The highest BCUT2D eigenvalue weighted by Gasteiger charge is 2.34. The molecule has 1 fully saturated rings. The molecule has 1 aliphatic heterocycles. The van der Waals surface area contributed by atoms with Crippen molar-refractivity contribution in [2.75, 3.05) is 12.0 Å². The zero-order valence-corrected chi connectivity index (χ0v) is 15.1. The molecule has 5 nitrogen and oxygen atoms in total. The Morgan fingerprint density at radius 2 is 2.08 bits per heavy atom. The van der Waals surface area contributed by atoms with Gasteiger partial charge in [0.1, 0.15) is 6.04 Å². The number of aromatic nitrogens is 2. The maximum Gasteiger partial charge on any atom is 0.251 e. The summed E-state index contributed by atoms with van der Waals surface area (Å²) in [6.45, 7) is 1.22. The molecular formula is C17H20N4OS2. The van der Waals surface area contributed by atoms with Gasteiger partial charge in [-0.3, -0.25) is 14.4 Å². The molecule has 2 aromatic rings. The molecule has 0 aliphatic carbocycles. The van der Waals surface area contributed by atoms with Crippen LogP contribution in [0, 0.1) is 0 Å². The van der Waals surface area contributed by atoms with E-state index in [0.717, 1.165) is 23.3 Å². The summed E-state index contributed by atoms with van der Waals surface area (Å²) in [5.41, 5.74) is 2.23. The van der Waals surface area contributed by atoms with E-state index in [1.165, 1.54) is 0 Å². The van der Waals surface area contributed by atoms with Crippen LogP contribution in [0.5, 0.6) is 0 Å². The van der Waals surface area contributed by atoms with Crippen molar-refractivity contribution in [3.8, 4) is 0 Å². The smallest absolute Gasteiger partial charge is 0.251 e. The molecular weight excluding hydrogens is 340 g/mol. The Kier molecular flexibility index (Phi) is 5.52. The van der Waals surface area contributed by atoms with E-state index in [9.17, 15) is 4.79 Å². The summed E-state index contributed by atoms with van der Waals surface area (Å²) in [5, 5.41) is 7.90. The molecule has 0 spiro atoms. The molecule has 0 bridgehead atoms. The van der Waals surface area contributed by atoms with Crippen LogP contribution in [0.2, 0.25) is 0 Å². The first-order valence-corrected chi connectivity index (χ1v) is 9.63. The number of nitrogens with zero attached hydrogens (tertiary/aromatic N) is 3. The van der Waals surface area contributed by atoms with Crippen molar-refractivity contribution in [1.29, 1.82) is 0 Å². The van der Waals surface area contributed by atoms with Gasteiger partial charge in [-0.1, -0.05) is 24.3 Å². The third-order valence-corrected chi connectivity index (χ3v) is 4.94. The molecule has 126 valence electrons. The second-order valence-electron chi connectivity index (χ2n) is 5.73. The van der Waals surface area contributed by atoms with Crippen LogP contribution in [0.15, 0.2) is 42.7 Å². The van der Waals surface area contributed by atoms with E-state index >= 15 is 0 Å². The molecule has 3 rings (SSSR count). The van der Waals surface area contributed by atoms with Crippen LogP contribution in [0.3, 0.4) is 0 Å². The molecule has 2 heterocycles. The number of nitrogens with one attached hydrogen (secondary N) is 1. The minimum Gasteiger partial charge on any atom is -0.350 e. The van der Waals surface area contributed by atoms with Gasteiger partial charge in [-0.15, -0.1) is 0 Å². The van der Waals surface area contributed by atoms with Gasteiger partial charge in [-0.25, -0.2) is 0 Å². The van der Waals surface area contributed by atoms with Gasteiger partial charge in [0.25, 0.3) is 5.91 Å². The second kappa shape index (κ2) is 7.81. The van der Waals surface area contributed by atoms with Crippen molar-refractivity contribution in [1.82, 2.24) is 20.0 Å². The molecule has 0 unspecified atom stereocenters. The number of carbonyl (C=O) groups excluding carboxylic acids is 1. The van der Waals surface area contributed by atoms with Gasteiger partial charge in [0, 0.05) is 12.4 Å². The Balaban J connectivity index is 1.67. The lowest BCUT2D eigenvalue weighted by molar-refractivity contribution is -0.127. The van der Waals surface area contributed by atoms with Crippen LogP contribution in [0.4, 0.5) is 0 Å². The van der Waals surface area contributed by atoms with E-state index in [4.69, 9.17) is 12.2 Å². The van der Waals surface area contributed by atoms with Crippen molar-refractivity contribution >= 4 is 35.0 Å². The summed E-state index contributed by atoms with van der Waals surface area (Å²) >= 11 is 7.08. The lowest BCUT2D eigenvalue weighted by Crippen LogP contribution is -2.31. The number of hydrogen-bond donors (Lipinski definition) is 1. The van der Waals surface area contributed by atoms with Crippen molar-refractivity contribution in [3.63, 3.8) is 0 Å². The molecule has 0 saturated carbocycles. The van der Waals surface area contributed by atoms with Crippen LogP contribution in [0.25, 0.3) is 0 Å². The van der Waals surface area contributed by atoms with Crippen molar-refractivity contribution in [3.05, 3.63) is 53.9 Å². The summed E-state index contributed by atoms with van der Waals surface area (Å²) in [5.74, 6) is 1.02. The molecule has 0 radical (unpaired) electrons. The predicted octanol–water partition coefficient (Wildman–Crippen LogP) is 2.27. The van der Waals surface area contributed by atoms with E-state index < -0.39 is 0 Å². The monoisotopic (exact) mass is 360 g/mol. The van der Waals surface area contributed by atoms with Crippen molar-refractivity contribution < 1.29 is 4.79 Å².